The van der Waals surface area contributed by atoms with E-state index in [1.165, 1.54) is 16.8 Å². The topological polar surface area (TPSA) is 61.5 Å². The summed E-state index contributed by atoms with van der Waals surface area (Å²) in [5.41, 5.74) is 5.64. The second-order valence-corrected chi connectivity index (χ2v) is 10.4. The van der Waals surface area contributed by atoms with Crippen molar-refractivity contribution in [3.63, 3.8) is 0 Å². The van der Waals surface area contributed by atoms with Crippen LogP contribution in [0.2, 0.25) is 0 Å². The number of aromatic nitrogens is 1. The zero-order valence-electron chi connectivity index (χ0n) is 21.0. The molecule has 2 fully saturated rings. The maximum atomic E-state index is 9.99. The van der Waals surface area contributed by atoms with E-state index in [1.807, 2.05) is 6.92 Å². The number of hydrogen-bond acceptors (Lipinski definition) is 5. The average Bonchev–Trinajstić information content (AvgIpc) is 3.63. The van der Waals surface area contributed by atoms with Gasteiger partial charge in [-0.3, -0.25) is 0 Å². The number of anilines is 2. The molecule has 35 heavy (non-hydrogen) atoms. The van der Waals surface area contributed by atoms with Crippen LogP contribution in [-0.2, 0) is 11.8 Å². The lowest BCUT2D eigenvalue weighted by molar-refractivity contribution is 0.335. The van der Waals surface area contributed by atoms with Gasteiger partial charge in [0.05, 0.1) is 11.2 Å². The summed E-state index contributed by atoms with van der Waals surface area (Å²) < 4.78 is 5.86. The molecule has 0 amide bonds. The Morgan fingerprint density at radius 1 is 1.14 bits per heavy atom. The number of allylic oxidation sites excluding steroid dienone is 1. The number of nitrogens with one attached hydrogen (secondary N) is 1. The van der Waals surface area contributed by atoms with Crippen molar-refractivity contribution in [1.29, 1.82) is 0 Å². The van der Waals surface area contributed by atoms with Gasteiger partial charge in [0.1, 0.15) is 11.4 Å². The number of rotatable bonds is 9. The minimum absolute atomic E-state index is 0.197. The highest BCUT2D eigenvalue weighted by atomic mass is 16.5. The van der Waals surface area contributed by atoms with E-state index in [0.29, 0.717) is 17.7 Å². The van der Waals surface area contributed by atoms with Crippen LogP contribution in [0.25, 0.3) is 0 Å². The maximum Gasteiger partial charge on any atom is 0.163 e. The Hall–Kier alpha value is -3.21. The van der Waals surface area contributed by atoms with E-state index < -0.39 is 0 Å². The highest BCUT2D eigenvalue weighted by Crippen LogP contribution is 2.52. The number of aliphatic hydroxyl groups excluding tert-OH is 1. The summed E-state index contributed by atoms with van der Waals surface area (Å²) in [5.74, 6) is 1.69. The van der Waals surface area contributed by atoms with Crippen molar-refractivity contribution >= 4 is 11.4 Å². The monoisotopic (exact) mass is 471 g/mol. The minimum atomic E-state index is -0.197. The standard InChI is InChI=1S/C30H37N3O2/c1-21(9-10-24-7-5-4-6-8-24)31-28-22(2)32-35-29(28)25-15-19-33(20-16-25)27-13-11-26(12-14-27)30(17-18-30)23(3)34/h4-8,11-14,21,25,31,34H,3,9-10,15-20H2,1-2H3/t21-/m1/s1. The molecule has 0 unspecified atom stereocenters. The Morgan fingerprint density at radius 2 is 1.83 bits per heavy atom. The normalized spacial score (nSPS) is 18.3. The van der Waals surface area contributed by atoms with Crippen LogP contribution in [-0.4, -0.2) is 29.4 Å². The largest absolute Gasteiger partial charge is 0.512 e. The highest BCUT2D eigenvalue weighted by molar-refractivity contribution is 5.54. The van der Waals surface area contributed by atoms with Crippen molar-refractivity contribution < 1.29 is 9.63 Å². The van der Waals surface area contributed by atoms with Crippen molar-refractivity contribution in [3.8, 4) is 0 Å². The van der Waals surface area contributed by atoms with Gasteiger partial charge < -0.3 is 19.8 Å². The molecule has 1 aromatic heterocycles. The SMILES string of the molecule is C=C(O)C1(c2ccc(N3CCC(c4onc(C)c4N[C@H](C)CCc4ccccc4)CC3)cc2)CC1. The van der Waals surface area contributed by atoms with Gasteiger partial charge in [-0.25, -0.2) is 0 Å². The van der Waals surface area contributed by atoms with E-state index in [-0.39, 0.29) is 5.41 Å². The van der Waals surface area contributed by atoms with Crippen molar-refractivity contribution in [2.75, 3.05) is 23.3 Å². The molecule has 5 rings (SSSR count). The van der Waals surface area contributed by atoms with Crippen LogP contribution in [0.3, 0.4) is 0 Å². The Kier molecular flexibility index (Phi) is 6.59. The third kappa shape index (κ3) is 4.95. The first kappa shape index (κ1) is 23.5. The summed E-state index contributed by atoms with van der Waals surface area (Å²) in [5, 5.41) is 18.0. The number of nitrogens with zero attached hydrogens (tertiary/aromatic N) is 2. The zero-order chi connectivity index (χ0) is 24.4. The van der Waals surface area contributed by atoms with E-state index in [0.717, 1.165) is 68.8 Å². The highest BCUT2D eigenvalue weighted by Gasteiger charge is 2.47. The first-order chi connectivity index (χ1) is 17.0. The minimum Gasteiger partial charge on any atom is -0.512 e. The summed E-state index contributed by atoms with van der Waals surface area (Å²) in [4.78, 5) is 2.45. The third-order valence-electron chi connectivity index (χ3n) is 7.94. The van der Waals surface area contributed by atoms with E-state index in [1.54, 1.807) is 0 Å². The first-order valence-electron chi connectivity index (χ1n) is 13.0. The molecule has 0 radical (unpaired) electrons. The van der Waals surface area contributed by atoms with Crippen LogP contribution in [0.4, 0.5) is 11.4 Å². The fourth-order valence-corrected chi connectivity index (χ4v) is 5.45. The molecule has 2 heterocycles. The number of hydrogen-bond donors (Lipinski definition) is 2. The van der Waals surface area contributed by atoms with Gasteiger partial charge >= 0.3 is 0 Å². The van der Waals surface area contributed by atoms with Crippen molar-refractivity contribution in [2.24, 2.45) is 0 Å². The maximum absolute atomic E-state index is 9.99. The molecule has 2 aliphatic rings. The quantitative estimate of drug-likeness (QED) is 0.332. The van der Waals surface area contributed by atoms with Gasteiger partial charge in [0.15, 0.2) is 5.76 Å². The summed E-state index contributed by atoms with van der Waals surface area (Å²) in [7, 11) is 0. The first-order valence-corrected chi connectivity index (χ1v) is 13.0. The van der Waals surface area contributed by atoms with Crippen molar-refractivity contribution in [2.45, 2.75) is 69.7 Å². The van der Waals surface area contributed by atoms with Crippen LogP contribution >= 0.6 is 0 Å². The molecule has 2 N–H and O–H groups in total. The summed E-state index contributed by atoms with van der Waals surface area (Å²) in [6.45, 7) is 10.0. The fourth-order valence-electron chi connectivity index (χ4n) is 5.45. The van der Waals surface area contributed by atoms with E-state index in [9.17, 15) is 5.11 Å². The molecule has 2 aromatic carbocycles. The molecule has 1 saturated heterocycles. The van der Waals surface area contributed by atoms with E-state index in [4.69, 9.17) is 4.52 Å². The molecule has 5 nitrogen and oxygen atoms in total. The lowest BCUT2D eigenvalue weighted by Gasteiger charge is -2.33. The van der Waals surface area contributed by atoms with Crippen molar-refractivity contribution in [3.05, 3.63) is 89.5 Å². The molecule has 0 spiro atoms. The van der Waals surface area contributed by atoms with E-state index in [2.05, 4.69) is 83.5 Å². The molecular formula is C30H37N3O2. The Morgan fingerprint density at radius 3 is 2.46 bits per heavy atom. The fraction of sp³-hybridized carbons (Fsp3) is 0.433. The van der Waals surface area contributed by atoms with Gasteiger partial charge in [-0.05, 0) is 75.6 Å². The predicted molar refractivity (Wildman–Crippen MR) is 142 cm³/mol. The van der Waals surface area contributed by atoms with Crippen LogP contribution < -0.4 is 10.2 Å². The van der Waals surface area contributed by atoms with Crippen LogP contribution in [0.1, 0.15) is 67.5 Å². The number of piperidine rings is 1. The summed E-state index contributed by atoms with van der Waals surface area (Å²) in [6.07, 6.45) is 6.18. The second-order valence-electron chi connectivity index (χ2n) is 10.4. The second kappa shape index (κ2) is 9.80. The number of aryl methyl sites for hydroxylation is 2. The molecule has 1 aliphatic carbocycles. The Bertz CT molecular complexity index is 1140. The molecule has 5 heteroatoms. The van der Waals surface area contributed by atoms with Gasteiger partial charge in [-0.2, -0.15) is 0 Å². The molecule has 184 valence electrons. The summed E-state index contributed by atoms with van der Waals surface area (Å²) in [6, 6.07) is 19.7. The molecule has 1 saturated carbocycles. The third-order valence-corrected chi connectivity index (χ3v) is 7.94. The number of benzene rings is 2. The van der Waals surface area contributed by atoms with Crippen LogP contribution in [0.5, 0.6) is 0 Å². The van der Waals surface area contributed by atoms with Gasteiger partial charge in [0.25, 0.3) is 0 Å². The van der Waals surface area contributed by atoms with E-state index >= 15 is 0 Å². The van der Waals surface area contributed by atoms with Gasteiger partial charge in [-0.1, -0.05) is 54.2 Å². The Labute approximate surface area is 208 Å². The molecular weight excluding hydrogens is 434 g/mol. The van der Waals surface area contributed by atoms with Gasteiger partial charge in [0, 0.05) is 30.7 Å². The van der Waals surface area contributed by atoms with Gasteiger partial charge in [-0.15, -0.1) is 0 Å². The predicted octanol–water partition coefficient (Wildman–Crippen LogP) is 6.90. The Balaban J connectivity index is 1.18. The molecule has 1 atom stereocenters. The number of aliphatic hydroxyl groups is 1. The molecule has 1 aliphatic heterocycles. The smallest absolute Gasteiger partial charge is 0.163 e. The van der Waals surface area contributed by atoms with Crippen molar-refractivity contribution in [1.82, 2.24) is 5.16 Å². The lowest BCUT2D eigenvalue weighted by atomic mass is 9.91. The lowest BCUT2D eigenvalue weighted by Crippen LogP contribution is -2.33. The van der Waals surface area contributed by atoms with Gasteiger partial charge in [0.2, 0.25) is 0 Å². The zero-order valence-corrected chi connectivity index (χ0v) is 21.0. The van der Waals surface area contributed by atoms with Crippen LogP contribution in [0.15, 0.2) is 71.5 Å². The van der Waals surface area contributed by atoms with Crippen LogP contribution in [0, 0.1) is 6.92 Å². The molecule has 0 bridgehead atoms. The average molecular weight is 472 g/mol. The summed E-state index contributed by atoms with van der Waals surface area (Å²) >= 11 is 0. The molecule has 3 aromatic rings.